The lowest BCUT2D eigenvalue weighted by molar-refractivity contribution is -0.113. The third-order valence-corrected chi connectivity index (χ3v) is 5.89. The van der Waals surface area contributed by atoms with Crippen LogP contribution in [0, 0.1) is 0 Å². The molecule has 1 aromatic heterocycles. The molecule has 0 saturated carbocycles. The summed E-state index contributed by atoms with van der Waals surface area (Å²) >= 11 is 7.03. The average Bonchev–Trinajstić information content (AvgIpc) is 3.26. The number of hydrogen-bond acceptors (Lipinski definition) is 7. The first-order valence-electron chi connectivity index (χ1n) is 10.1. The number of halogens is 1. The number of carbonyl (C=O) groups is 1. The average molecular weight is 459 g/mol. The van der Waals surface area contributed by atoms with Crippen molar-refractivity contribution in [1.82, 2.24) is 10.2 Å². The number of ether oxygens (including phenoxy) is 1. The molecule has 9 heteroatoms. The van der Waals surface area contributed by atoms with Crippen molar-refractivity contribution in [3.05, 3.63) is 59.4 Å². The molecule has 1 fully saturated rings. The molecule has 1 amide bonds. The molecule has 1 N–H and O–H groups in total. The number of piperidine rings is 1. The number of nitrogens with zero attached hydrogens (tertiary/aromatic N) is 3. The fourth-order valence-electron chi connectivity index (χ4n) is 3.26. The molecule has 1 saturated heterocycles. The Labute approximate surface area is 190 Å². The lowest BCUT2D eigenvalue weighted by atomic mass is 10.1. The maximum Gasteiger partial charge on any atom is 0.277 e. The van der Waals surface area contributed by atoms with Crippen molar-refractivity contribution in [2.75, 3.05) is 29.1 Å². The largest absolute Gasteiger partial charge is 0.484 e. The number of nitrogens with one attached hydrogen (secondary N) is 1. The molecule has 1 aliphatic rings. The van der Waals surface area contributed by atoms with Gasteiger partial charge in [-0.1, -0.05) is 23.4 Å². The Balaban J connectivity index is 1.21. The zero-order valence-corrected chi connectivity index (χ0v) is 18.5. The molecular formula is C22H23ClN4O3S. The number of carbonyl (C=O) groups excluding carboxylic acids is 1. The predicted octanol–water partition coefficient (Wildman–Crippen LogP) is 5.02. The molecule has 162 valence electrons. The van der Waals surface area contributed by atoms with Gasteiger partial charge in [0.15, 0.2) is 6.61 Å². The summed E-state index contributed by atoms with van der Waals surface area (Å²) < 4.78 is 11.1. The Kier molecular flexibility index (Phi) is 7.32. The van der Waals surface area contributed by atoms with Crippen LogP contribution in [0.3, 0.4) is 0 Å². The summed E-state index contributed by atoms with van der Waals surface area (Å²) in [7, 11) is 0. The van der Waals surface area contributed by atoms with Gasteiger partial charge in [-0.15, -0.1) is 10.2 Å². The molecule has 2 aromatic carbocycles. The standard InChI is InChI=1S/C22H23ClN4O3S/c23-16-4-10-19(11-5-16)29-14-21-25-26-22(30-21)31-15-20(28)24-17-6-8-18(9-7-17)27-12-2-1-3-13-27/h4-11H,1-3,12-15H2,(H,24,28). The van der Waals surface area contributed by atoms with Crippen LogP contribution in [-0.4, -0.2) is 34.9 Å². The van der Waals surface area contributed by atoms with Gasteiger partial charge in [-0.25, -0.2) is 0 Å². The second-order valence-electron chi connectivity index (χ2n) is 7.14. The number of thioether (sulfide) groups is 1. The van der Waals surface area contributed by atoms with E-state index in [0.29, 0.717) is 21.9 Å². The Hall–Kier alpha value is -2.71. The van der Waals surface area contributed by atoms with E-state index in [1.165, 1.54) is 36.7 Å². The van der Waals surface area contributed by atoms with Gasteiger partial charge >= 0.3 is 0 Å². The summed E-state index contributed by atoms with van der Waals surface area (Å²) in [4.78, 5) is 14.6. The van der Waals surface area contributed by atoms with Crippen LogP contribution in [-0.2, 0) is 11.4 Å². The molecule has 4 rings (SSSR count). The molecular weight excluding hydrogens is 436 g/mol. The smallest absolute Gasteiger partial charge is 0.277 e. The Bertz CT molecular complexity index is 989. The van der Waals surface area contributed by atoms with Crippen LogP contribution >= 0.6 is 23.4 Å². The first kappa shape index (κ1) is 21.5. The van der Waals surface area contributed by atoms with Gasteiger partial charge in [0.2, 0.25) is 5.91 Å². The summed E-state index contributed by atoms with van der Waals surface area (Å²) in [5.74, 6) is 1.04. The van der Waals surface area contributed by atoms with Crippen LogP contribution in [0.25, 0.3) is 0 Å². The SMILES string of the molecule is O=C(CSc1nnc(COc2ccc(Cl)cc2)o1)Nc1ccc(N2CCCCC2)cc1. The molecule has 7 nitrogen and oxygen atoms in total. The zero-order chi connectivity index (χ0) is 21.5. The summed E-state index contributed by atoms with van der Waals surface area (Å²) in [6.07, 6.45) is 3.78. The first-order chi connectivity index (χ1) is 15.2. The highest BCUT2D eigenvalue weighted by molar-refractivity contribution is 7.99. The Morgan fingerprint density at radius 3 is 2.55 bits per heavy atom. The number of amides is 1. The van der Waals surface area contributed by atoms with Crippen molar-refractivity contribution >= 4 is 40.6 Å². The molecule has 0 radical (unpaired) electrons. The molecule has 2 heterocycles. The number of aromatic nitrogens is 2. The van der Waals surface area contributed by atoms with Crippen LogP contribution in [0.5, 0.6) is 5.75 Å². The minimum Gasteiger partial charge on any atom is -0.484 e. The van der Waals surface area contributed by atoms with Crippen molar-refractivity contribution in [3.8, 4) is 5.75 Å². The summed E-state index contributed by atoms with van der Waals surface area (Å²) in [6, 6.07) is 15.0. The molecule has 0 atom stereocenters. The van der Waals surface area contributed by atoms with E-state index in [0.717, 1.165) is 18.8 Å². The lowest BCUT2D eigenvalue weighted by Crippen LogP contribution is -2.29. The third-order valence-electron chi connectivity index (χ3n) is 4.82. The van der Waals surface area contributed by atoms with Gasteiger partial charge in [-0.3, -0.25) is 4.79 Å². The van der Waals surface area contributed by atoms with Crippen molar-refractivity contribution in [1.29, 1.82) is 0 Å². The van der Waals surface area contributed by atoms with Crippen molar-refractivity contribution in [2.24, 2.45) is 0 Å². The van der Waals surface area contributed by atoms with Crippen LogP contribution < -0.4 is 15.0 Å². The maximum atomic E-state index is 12.2. The molecule has 0 bridgehead atoms. The summed E-state index contributed by atoms with van der Waals surface area (Å²) in [5.41, 5.74) is 1.97. The van der Waals surface area contributed by atoms with Crippen LogP contribution in [0.15, 0.2) is 58.2 Å². The van der Waals surface area contributed by atoms with Gasteiger partial charge < -0.3 is 19.4 Å². The second kappa shape index (κ2) is 10.5. The highest BCUT2D eigenvalue weighted by Gasteiger charge is 2.12. The van der Waals surface area contributed by atoms with Gasteiger partial charge in [0.25, 0.3) is 11.1 Å². The molecule has 31 heavy (non-hydrogen) atoms. The minimum absolute atomic E-state index is 0.132. The van der Waals surface area contributed by atoms with E-state index in [-0.39, 0.29) is 18.3 Å². The van der Waals surface area contributed by atoms with Gasteiger partial charge in [-0.2, -0.15) is 0 Å². The monoisotopic (exact) mass is 458 g/mol. The molecule has 0 spiro atoms. The summed E-state index contributed by atoms with van der Waals surface area (Å²) in [5, 5.41) is 11.7. The number of hydrogen-bond donors (Lipinski definition) is 1. The molecule has 3 aromatic rings. The van der Waals surface area contributed by atoms with E-state index in [1.807, 2.05) is 12.1 Å². The molecule has 0 aliphatic carbocycles. The van der Waals surface area contributed by atoms with E-state index in [2.05, 4.69) is 32.5 Å². The highest BCUT2D eigenvalue weighted by atomic mass is 35.5. The van der Waals surface area contributed by atoms with E-state index in [9.17, 15) is 4.79 Å². The van der Waals surface area contributed by atoms with Crippen LogP contribution in [0.4, 0.5) is 11.4 Å². The van der Waals surface area contributed by atoms with Gasteiger partial charge in [0.05, 0.1) is 5.75 Å². The highest BCUT2D eigenvalue weighted by Crippen LogP contribution is 2.23. The summed E-state index contributed by atoms with van der Waals surface area (Å²) in [6.45, 7) is 2.34. The fourth-order valence-corrected chi connectivity index (χ4v) is 3.97. The van der Waals surface area contributed by atoms with Crippen molar-refractivity contribution in [2.45, 2.75) is 31.1 Å². The Morgan fingerprint density at radius 1 is 1.06 bits per heavy atom. The molecule has 1 aliphatic heterocycles. The fraction of sp³-hybridized carbons (Fsp3) is 0.318. The van der Waals surface area contributed by atoms with E-state index < -0.39 is 0 Å². The number of anilines is 2. The van der Waals surface area contributed by atoms with Crippen LogP contribution in [0.2, 0.25) is 5.02 Å². The molecule has 0 unspecified atom stereocenters. The number of benzene rings is 2. The quantitative estimate of drug-likeness (QED) is 0.474. The van der Waals surface area contributed by atoms with Crippen LogP contribution in [0.1, 0.15) is 25.2 Å². The predicted molar refractivity (Wildman–Crippen MR) is 122 cm³/mol. The number of rotatable bonds is 8. The third kappa shape index (κ3) is 6.38. The normalized spacial score (nSPS) is 13.8. The Morgan fingerprint density at radius 2 is 1.81 bits per heavy atom. The van der Waals surface area contributed by atoms with Gasteiger partial charge in [0.1, 0.15) is 5.75 Å². The van der Waals surface area contributed by atoms with E-state index in [1.54, 1.807) is 24.3 Å². The first-order valence-corrected chi connectivity index (χ1v) is 11.5. The van der Waals surface area contributed by atoms with Crippen molar-refractivity contribution in [3.63, 3.8) is 0 Å². The van der Waals surface area contributed by atoms with Crippen molar-refractivity contribution < 1.29 is 13.9 Å². The maximum absolute atomic E-state index is 12.2. The topological polar surface area (TPSA) is 80.5 Å². The second-order valence-corrected chi connectivity index (χ2v) is 8.50. The van der Waals surface area contributed by atoms with E-state index >= 15 is 0 Å². The van der Waals surface area contributed by atoms with Gasteiger partial charge in [-0.05, 0) is 67.8 Å². The lowest BCUT2D eigenvalue weighted by Gasteiger charge is -2.28. The zero-order valence-electron chi connectivity index (χ0n) is 16.9. The minimum atomic E-state index is -0.132. The van der Waals surface area contributed by atoms with Gasteiger partial charge in [0, 0.05) is 29.5 Å². The van der Waals surface area contributed by atoms with E-state index in [4.69, 9.17) is 20.8 Å².